The lowest BCUT2D eigenvalue weighted by molar-refractivity contribution is 0.0997. The van der Waals surface area contributed by atoms with Crippen LogP contribution in [-0.2, 0) is 0 Å². The summed E-state index contributed by atoms with van der Waals surface area (Å²) in [7, 11) is 1.42. The minimum atomic E-state index is -0.671. The molecule has 4 heteroatoms. The molecule has 0 aliphatic heterocycles. The van der Waals surface area contributed by atoms with Crippen molar-refractivity contribution in [1.82, 2.24) is 0 Å². The van der Waals surface area contributed by atoms with Gasteiger partial charge in [0.2, 0.25) is 0 Å². The number of methoxy groups -OCH3 is 1. The molecule has 0 aromatic heterocycles. The van der Waals surface area contributed by atoms with Gasteiger partial charge in [-0.2, -0.15) is 0 Å². The monoisotopic (exact) mass is 181 g/mol. The Balaban J connectivity index is 3.35. The second kappa shape index (κ2) is 3.35. The Morgan fingerprint density at radius 1 is 1.54 bits per heavy atom. The molecule has 0 radical (unpaired) electrons. The molecule has 0 aliphatic carbocycles. The summed E-state index contributed by atoms with van der Waals surface area (Å²) in [6, 6.07) is 3.13. The molecule has 0 heterocycles. The number of phenols is 1. The van der Waals surface area contributed by atoms with E-state index in [4.69, 9.17) is 10.5 Å². The molecule has 1 rings (SSSR count). The van der Waals surface area contributed by atoms with Gasteiger partial charge >= 0.3 is 0 Å². The van der Waals surface area contributed by atoms with Gasteiger partial charge in [0, 0.05) is 0 Å². The highest BCUT2D eigenvalue weighted by Gasteiger charge is 2.13. The van der Waals surface area contributed by atoms with Crippen LogP contribution in [0, 0.1) is 6.92 Å². The molecule has 0 unspecified atom stereocenters. The SMILES string of the molecule is COc1c(C)ccc(C(N)=O)c1O. The summed E-state index contributed by atoms with van der Waals surface area (Å²) < 4.78 is 4.91. The molecule has 70 valence electrons. The van der Waals surface area contributed by atoms with Crippen LogP contribution in [0.3, 0.4) is 0 Å². The molecule has 0 aliphatic rings. The van der Waals surface area contributed by atoms with E-state index < -0.39 is 5.91 Å². The maximum Gasteiger partial charge on any atom is 0.252 e. The molecule has 0 saturated carbocycles. The number of aromatic hydroxyl groups is 1. The number of carbonyl (C=O) groups excluding carboxylic acids is 1. The van der Waals surface area contributed by atoms with E-state index in [2.05, 4.69) is 0 Å². The average molecular weight is 181 g/mol. The molecule has 4 nitrogen and oxygen atoms in total. The second-order valence-corrected chi connectivity index (χ2v) is 2.68. The summed E-state index contributed by atoms with van der Waals surface area (Å²) >= 11 is 0. The van der Waals surface area contributed by atoms with E-state index in [1.165, 1.54) is 13.2 Å². The van der Waals surface area contributed by atoms with Crippen LogP contribution in [0.1, 0.15) is 15.9 Å². The first-order valence-electron chi connectivity index (χ1n) is 3.74. The third-order valence-corrected chi connectivity index (χ3v) is 1.80. The number of amides is 1. The van der Waals surface area contributed by atoms with Crippen LogP contribution in [0.4, 0.5) is 0 Å². The standard InChI is InChI=1S/C9H11NO3/c1-5-3-4-6(9(10)12)7(11)8(5)13-2/h3-4,11H,1-2H3,(H2,10,12). The van der Waals surface area contributed by atoms with Crippen molar-refractivity contribution in [2.24, 2.45) is 5.73 Å². The number of aryl methyl sites for hydroxylation is 1. The minimum absolute atomic E-state index is 0.0717. The minimum Gasteiger partial charge on any atom is -0.504 e. The number of hydrogen-bond donors (Lipinski definition) is 2. The summed E-state index contributed by atoms with van der Waals surface area (Å²) in [4.78, 5) is 10.8. The zero-order valence-corrected chi connectivity index (χ0v) is 7.50. The van der Waals surface area contributed by atoms with Crippen molar-refractivity contribution in [3.05, 3.63) is 23.3 Å². The summed E-state index contributed by atoms with van der Waals surface area (Å²) in [5, 5.41) is 9.51. The van der Waals surface area contributed by atoms with Crippen LogP contribution in [-0.4, -0.2) is 18.1 Å². The van der Waals surface area contributed by atoms with Crippen molar-refractivity contribution in [2.75, 3.05) is 7.11 Å². The Kier molecular flexibility index (Phi) is 2.41. The van der Waals surface area contributed by atoms with Crippen LogP contribution >= 0.6 is 0 Å². The predicted molar refractivity (Wildman–Crippen MR) is 47.9 cm³/mol. The summed E-state index contributed by atoms with van der Waals surface area (Å²) in [6.07, 6.45) is 0. The van der Waals surface area contributed by atoms with Gasteiger partial charge in [0.15, 0.2) is 11.5 Å². The fraction of sp³-hybridized carbons (Fsp3) is 0.222. The number of rotatable bonds is 2. The van der Waals surface area contributed by atoms with Gasteiger partial charge in [-0.3, -0.25) is 4.79 Å². The van der Waals surface area contributed by atoms with Crippen molar-refractivity contribution in [3.8, 4) is 11.5 Å². The Labute approximate surface area is 75.9 Å². The third-order valence-electron chi connectivity index (χ3n) is 1.80. The zero-order chi connectivity index (χ0) is 10.0. The number of benzene rings is 1. The number of ether oxygens (including phenoxy) is 1. The first-order chi connectivity index (χ1) is 6.07. The van der Waals surface area contributed by atoms with E-state index in [1.54, 1.807) is 13.0 Å². The van der Waals surface area contributed by atoms with E-state index in [1.807, 2.05) is 0 Å². The Bertz CT molecular complexity index is 347. The van der Waals surface area contributed by atoms with Gasteiger partial charge in [-0.1, -0.05) is 6.07 Å². The lowest BCUT2D eigenvalue weighted by Gasteiger charge is -2.08. The Morgan fingerprint density at radius 3 is 2.62 bits per heavy atom. The molecular formula is C9H11NO3. The predicted octanol–water partition coefficient (Wildman–Crippen LogP) is 0.808. The molecule has 0 fully saturated rings. The first kappa shape index (κ1) is 9.38. The van der Waals surface area contributed by atoms with E-state index in [9.17, 15) is 9.90 Å². The van der Waals surface area contributed by atoms with Crippen molar-refractivity contribution in [3.63, 3.8) is 0 Å². The van der Waals surface area contributed by atoms with Crippen LogP contribution in [0.25, 0.3) is 0 Å². The highest BCUT2D eigenvalue weighted by molar-refractivity contribution is 5.96. The van der Waals surface area contributed by atoms with Gasteiger partial charge in [0.25, 0.3) is 5.91 Å². The quantitative estimate of drug-likeness (QED) is 0.709. The second-order valence-electron chi connectivity index (χ2n) is 2.68. The number of carbonyl (C=O) groups is 1. The fourth-order valence-electron chi connectivity index (χ4n) is 1.13. The van der Waals surface area contributed by atoms with Crippen molar-refractivity contribution in [2.45, 2.75) is 6.92 Å². The Hall–Kier alpha value is -1.71. The van der Waals surface area contributed by atoms with Crippen LogP contribution in [0.2, 0.25) is 0 Å². The van der Waals surface area contributed by atoms with Crippen LogP contribution in [0.15, 0.2) is 12.1 Å². The average Bonchev–Trinajstić information content (AvgIpc) is 2.04. The molecule has 0 spiro atoms. The van der Waals surface area contributed by atoms with E-state index >= 15 is 0 Å². The Morgan fingerprint density at radius 2 is 2.15 bits per heavy atom. The van der Waals surface area contributed by atoms with Gasteiger partial charge in [-0.05, 0) is 18.6 Å². The van der Waals surface area contributed by atoms with Gasteiger partial charge in [-0.15, -0.1) is 0 Å². The van der Waals surface area contributed by atoms with Gasteiger partial charge in [-0.25, -0.2) is 0 Å². The molecule has 13 heavy (non-hydrogen) atoms. The maximum absolute atomic E-state index is 10.8. The zero-order valence-electron chi connectivity index (χ0n) is 7.50. The van der Waals surface area contributed by atoms with E-state index in [0.29, 0.717) is 0 Å². The topological polar surface area (TPSA) is 72.5 Å². The molecular weight excluding hydrogens is 170 g/mol. The summed E-state index contributed by atoms with van der Waals surface area (Å²) in [5.74, 6) is -0.581. The van der Waals surface area contributed by atoms with E-state index in [0.717, 1.165) is 5.56 Å². The summed E-state index contributed by atoms with van der Waals surface area (Å²) in [5.41, 5.74) is 5.86. The highest BCUT2D eigenvalue weighted by Crippen LogP contribution is 2.32. The first-order valence-corrected chi connectivity index (χ1v) is 3.74. The molecule has 0 atom stereocenters. The van der Waals surface area contributed by atoms with Gasteiger partial charge in [0.05, 0.1) is 12.7 Å². The highest BCUT2D eigenvalue weighted by atomic mass is 16.5. The molecule has 1 aromatic carbocycles. The van der Waals surface area contributed by atoms with Crippen molar-refractivity contribution >= 4 is 5.91 Å². The largest absolute Gasteiger partial charge is 0.504 e. The van der Waals surface area contributed by atoms with Crippen molar-refractivity contribution < 1.29 is 14.6 Å². The smallest absolute Gasteiger partial charge is 0.252 e. The van der Waals surface area contributed by atoms with Gasteiger partial charge in [0.1, 0.15) is 0 Å². The van der Waals surface area contributed by atoms with E-state index in [-0.39, 0.29) is 17.1 Å². The molecule has 1 amide bonds. The van der Waals surface area contributed by atoms with Crippen molar-refractivity contribution in [1.29, 1.82) is 0 Å². The fourth-order valence-corrected chi connectivity index (χ4v) is 1.13. The molecule has 3 N–H and O–H groups in total. The normalized spacial score (nSPS) is 9.69. The lowest BCUT2D eigenvalue weighted by Crippen LogP contribution is -2.11. The maximum atomic E-state index is 10.8. The van der Waals surface area contributed by atoms with Crippen LogP contribution < -0.4 is 10.5 Å². The number of nitrogens with two attached hydrogens (primary N) is 1. The third kappa shape index (κ3) is 1.56. The molecule has 0 bridgehead atoms. The van der Waals surface area contributed by atoms with Crippen LogP contribution in [0.5, 0.6) is 11.5 Å². The number of hydrogen-bond acceptors (Lipinski definition) is 3. The lowest BCUT2D eigenvalue weighted by atomic mass is 10.1. The number of primary amides is 1. The summed E-state index contributed by atoms with van der Waals surface area (Å²) in [6.45, 7) is 1.77. The molecule has 1 aromatic rings. The molecule has 0 saturated heterocycles. The van der Waals surface area contributed by atoms with Gasteiger partial charge < -0.3 is 15.6 Å².